The fourth-order valence-corrected chi connectivity index (χ4v) is 2.25. The van der Waals surface area contributed by atoms with E-state index in [2.05, 4.69) is 17.3 Å². The van der Waals surface area contributed by atoms with Gasteiger partial charge < -0.3 is 15.0 Å². The molecule has 0 saturated carbocycles. The second-order valence-electron chi connectivity index (χ2n) is 4.80. The number of nitrogens with zero attached hydrogens (tertiary/aromatic N) is 1. The SMILES string of the molecule is CCOc1ccc(NC2CCN(C)CC2)cc1F. The van der Waals surface area contributed by atoms with Gasteiger partial charge in [0.15, 0.2) is 11.6 Å². The van der Waals surface area contributed by atoms with Gasteiger partial charge in [0.25, 0.3) is 0 Å². The van der Waals surface area contributed by atoms with Crippen LogP contribution in [0.3, 0.4) is 0 Å². The maximum absolute atomic E-state index is 13.7. The molecule has 0 amide bonds. The van der Waals surface area contributed by atoms with Crippen LogP contribution >= 0.6 is 0 Å². The lowest BCUT2D eigenvalue weighted by molar-refractivity contribution is 0.264. The first-order valence-electron chi connectivity index (χ1n) is 6.56. The maximum Gasteiger partial charge on any atom is 0.167 e. The molecule has 0 atom stereocenters. The van der Waals surface area contributed by atoms with Gasteiger partial charge in [-0.25, -0.2) is 4.39 Å². The number of likely N-dealkylation sites (tertiary alicyclic amines) is 1. The Morgan fingerprint density at radius 3 is 2.72 bits per heavy atom. The summed E-state index contributed by atoms with van der Waals surface area (Å²) in [7, 11) is 2.13. The lowest BCUT2D eigenvalue weighted by Gasteiger charge is -2.30. The molecule has 1 aromatic rings. The molecule has 1 heterocycles. The van der Waals surface area contributed by atoms with E-state index in [9.17, 15) is 4.39 Å². The minimum Gasteiger partial charge on any atom is -0.491 e. The van der Waals surface area contributed by atoms with E-state index >= 15 is 0 Å². The van der Waals surface area contributed by atoms with Gasteiger partial charge in [0.05, 0.1) is 6.61 Å². The third-order valence-corrected chi connectivity index (χ3v) is 3.32. The summed E-state index contributed by atoms with van der Waals surface area (Å²) in [5, 5.41) is 3.39. The number of hydrogen-bond donors (Lipinski definition) is 1. The van der Waals surface area contributed by atoms with E-state index in [-0.39, 0.29) is 5.82 Å². The molecule has 18 heavy (non-hydrogen) atoms. The van der Waals surface area contributed by atoms with Crippen molar-refractivity contribution in [2.24, 2.45) is 0 Å². The van der Waals surface area contributed by atoms with Gasteiger partial charge in [-0.15, -0.1) is 0 Å². The van der Waals surface area contributed by atoms with Crippen molar-refractivity contribution in [3.63, 3.8) is 0 Å². The number of anilines is 1. The van der Waals surface area contributed by atoms with E-state index in [0.29, 0.717) is 18.4 Å². The lowest BCUT2D eigenvalue weighted by Crippen LogP contribution is -2.36. The fourth-order valence-electron chi connectivity index (χ4n) is 2.25. The van der Waals surface area contributed by atoms with Crippen molar-refractivity contribution in [1.29, 1.82) is 0 Å². The molecule has 2 rings (SSSR count). The summed E-state index contributed by atoms with van der Waals surface area (Å²) < 4.78 is 18.9. The summed E-state index contributed by atoms with van der Waals surface area (Å²) in [4.78, 5) is 2.32. The standard InChI is InChI=1S/C14H21FN2O/c1-3-18-14-5-4-12(10-13(14)15)16-11-6-8-17(2)9-7-11/h4-5,10-11,16H,3,6-9H2,1-2H3. The Hall–Kier alpha value is -1.29. The van der Waals surface area contributed by atoms with E-state index in [4.69, 9.17) is 4.74 Å². The van der Waals surface area contributed by atoms with Gasteiger partial charge in [-0.1, -0.05) is 0 Å². The quantitative estimate of drug-likeness (QED) is 0.891. The Bertz CT molecular complexity index is 389. The number of rotatable bonds is 4. The zero-order valence-corrected chi connectivity index (χ0v) is 11.1. The highest BCUT2D eigenvalue weighted by molar-refractivity contribution is 5.48. The smallest absolute Gasteiger partial charge is 0.167 e. The number of nitrogens with one attached hydrogen (secondary N) is 1. The molecule has 0 aromatic heterocycles. The minimum absolute atomic E-state index is 0.297. The van der Waals surface area contributed by atoms with E-state index in [1.165, 1.54) is 6.07 Å². The van der Waals surface area contributed by atoms with Crippen LogP contribution < -0.4 is 10.1 Å². The highest BCUT2D eigenvalue weighted by atomic mass is 19.1. The molecule has 0 aliphatic carbocycles. The van der Waals surface area contributed by atoms with Crippen LogP contribution in [-0.2, 0) is 0 Å². The van der Waals surface area contributed by atoms with Crippen molar-refractivity contribution in [3.8, 4) is 5.75 Å². The van der Waals surface area contributed by atoms with Crippen LogP contribution in [0.25, 0.3) is 0 Å². The average molecular weight is 252 g/mol. The summed E-state index contributed by atoms with van der Waals surface area (Å²) in [5.74, 6) is 0.0289. The van der Waals surface area contributed by atoms with Gasteiger partial charge >= 0.3 is 0 Å². The van der Waals surface area contributed by atoms with E-state index in [1.807, 2.05) is 13.0 Å². The normalized spacial score (nSPS) is 17.7. The molecule has 1 aromatic carbocycles. The zero-order valence-electron chi connectivity index (χ0n) is 11.1. The van der Waals surface area contributed by atoms with Crippen LogP contribution in [0.5, 0.6) is 5.75 Å². The molecule has 1 N–H and O–H groups in total. The van der Waals surface area contributed by atoms with Crippen molar-refractivity contribution in [1.82, 2.24) is 4.90 Å². The van der Waals surface area contributed by atoms with Crippen LogP contribution in [0.1, 0.15) is 19.8 Å². The number of ether oxygens (including phenoxy) is 1. The monoisotopic (exact) mass is 252 g/mol. The first-order valence-corrected chi connectivity index (χ1v) is 6.56. The number of benzene rings is 1. The Morgan fingerprint density at radius 1 is 1.39 bits per heavy atom. The topological polar surface area (TPSA) is 24.5 Å². The molecule has 1 aliphatic heterocycles. The first-order chi connectivity index (χ1) is 8.69. The number of halogens is 1. The van der Waals surface area contributed by atoms with Crippen molar-refractivity contribution >= 4 is 5.69 Å². The van der Waals surface area contributed by atoms with Gasteiger partial charge in [0.1, 0.15) is 0 Å². The number of hydrogen-bond acceptors (Lipinski definition) is 3. The molecule has 0 unspecified atom stereocenters. The first kappa shape index (κ1) is 13.1. The maximum atomic E-state index is 13.7. The van der Waals surface area contributed by atoms with Crippen molar-refractivity contribution < 1.29 is 9.13 Å². The highest BCUT2D eigenvalue weighted by Crippen LogP contribution is 2.23. The molecule has 0 spiro atoms. The number of piperidine rings is 1. The van der Waals surface area contributed by atoms with Crippen LogP contribution in [-0.4, -0.2) is 37.7 Å². The van der Waals surface area contributed by atoms with Gasteiger partial charge in [0.2, 0.25) is 0 Å². The van der Waals surface area contributed by atoms with Crippen LogP contribution in [0.15, 0.2) is 18.2 Å². The minimum atomic E-state index is -0.297. The molecule has 0 radical (unpaired) electrons. The molecule has 1 saturated heterocycles. The van der Waals surface area contributed by atoms with E-state index in [0.717, 1.165) is 31.6 Å². The third-order valence-electron chi connectivity index (χ3n) is 3.32. The molecular weight excluding hydrogens is 231 g/mol. The van der Waals surface area contributed by atoms with E-state index < -0.39 is 0 Å². The predicted molar refractivity (Wildman–Crippen MR) is 71.7 cm³/mol. The van der Waals surface area contributed by atoms with Gasteiger partial charge in [0, 0.05) is 17.8 Å². The van der Waals surface area contributed by atoms with Crippen LogP contribution in [0.4, 0.5) is 10.1 Å². The van der Waals surface area contributed by atoms with Gasteiger partial charge in [-0.05, 0) is 52.0 Å². The highest BCUT2D eigenvalue weighted by Gasteiger charge is 2.16. The summed E-state index contributed by atoms with van der Waals surface area (Å²) in [6, 6.07) is 5.53. The second kappa shape index (κ2) is 6.05. The second-order valence-corrected chi connectivity index (χ2v) is 4.80. The Balaban J connectivity index is 1.95. The van der Waals surface area contributed by atoms with Gasteiger partial charge in [-0.3, -0.25) is 0 Å². The third kappa shape index (κ3) is 3.35. The Morgan fingerprint density at radius 2 is 2.11 bits per heavy atom. The Kier molecular flexibility index (Phi) is 4.42. The molecular formula is C14H21FN2O. The van der Waals surface area contributed by atoms with Crippen LogP contribution in [0.2, 0.25) is 0 Å². The van der Waals surface area contributed by atoms with Crippen molar-refractivity contribution in [2.45, 2.75) is 25.8 Å². The lowest BCUT2D eigenvalue weighted by atomic mass is 10.1. The molecule has 100 valence electrons. The Labute approximate surface area is 108 Å². The largest absolute Gasteiger partial charge is 0.491 e. The average Bonchev–Trinajstić information content (AvgIpc) is 2.36. The van der Waals surface area contributed by atoms with Crippen molar-refractivity contribution in [3.05, 3.63) is 24.0 Å². The summed E-state index contributed by atoms with van der Waals surface area (Å²) in [6.45, 7) is 4.52. The molecule has 1 aliphatic rings. The molecule has 3 nitrogen and oxygen atoms in total. The summed E-state index contributed by atoms with van der Waals surface area (Å²) in [5.41, 5.74) is 0.838. The summed E-state index contributed by atoms with van der Waals surface area (Å²) >= 11 is 0. The predicted octanol–water partition coefficient (Wildman–Crippen LogP) is 2.73. The van der Waals surface area contributed by atoms with E-state index in [1.54, 1.807) is 6.07 Å². The summed E-state index contributed by atoms with van der Waals surface area (Å²) in [6.07, 6.45) is 2.21. The molecule has 1 fully saturated rings. The molecule has 4 heteroatoms. The molecule has 0 bridgehead atoms. The zero-order chi connectivity index (χ0) is 13.0. The van der Waals surface area contributed by atoms with Crippen LogP contribution in [0, 0.1) is 5.82 Å². The van der Waals surface area contributed by atoms with Crippen molar-refractivity contribution in [2.75, 3.05) is 32.1 Å². The van der Waals surface area contributed by atoms with Gasteiger partial charge in [-0.2, -0.15) is 0 Å². The fraction of sp³-hybridized carbons (Fsp3) is 0.571.